The van der Waals surface area contributed by atoms with Crippen LogP contribution < -0.4 is 5.32 Å². The molecular formula is C14H23BrN6. The van der Waals surface area contributed by atoms with Gasteiger partial charge in [0.15, 0.2) is 5.82 Å². The highest BCUT2D eigenvalue weighted by atomic mass is 79.9. The van der Waals surface area contributed by atoms with Crippen LogP contribution in [0, 0.1) is 12.8 Å². The number of rotatable bonds is 7. The molecule has 0 radical (unpaired) electrons. The number of halogens is 1. The van der Waals surface area contributed by atoms with Crippen molar-refractivity contribution in [2.24, 2.45) is 5.92 Å². The minimum Gasteiger partial charge on any atom is -0.310 e. The van der Waals surface area contributed by atoms with Gasteiger partial charge in [-0.3, -0.25) is 4.68 Å². The lowest BCUT2D eigenvalue weighted by molar-refractivity contribution is 0.535. The van der Waals surface area contributed by atoms with Gasteiger partial charge in [0.25, 0.3) is 0 Å². The molecule has 2 aromatic heterocycles. The van der Waals surface area contributed by atoms with E-state index >= 15 is 0 Å². The van der Waals surface area contributed by atoms with Crippen LogP contribution in [0.3, 0.4) is 0 Å². The van der Waals surface area contributed by atoms with Crippen LogP contribution in [0.15, 0.2) is 10.8 Å². The first-order valence-electron chi connectivity index (χ1n) is 7.32. The van der Waals surface area contributed by atoms with Gasteiger partial charge in [-0.1, -0.05) is 13.8 Å². The number of hydrogen-bond acceptors (Lipinski definition) is 4. The fourth-order valence-corrected chi connectivity index (χ4v) is 2.55. The fraction of sp³-hybridized carbons (Fsp3) is 0.643. The minimum absolute atomic E-state index is 0.630. The van der Waals surface area contributed by atoms with E-state index in [0.717, 1.165) is 34.8 Å². The zero-order chi connectivity index (χ0) is 15.4. The lowest BCUT2D eigenvalue weighted by atomic mass is 10.2. The summed E-state index contributed by atoms with van der Waals surface area (Å²) in [5, 5.41) is 12.4. The first kappa shape index (κ1) is 16.2. The molecule has 0 amide bonds. The van der Waals surface area contributed by atoms with Gasteiger partial charge in [0.1, 0.15) is 6.33 Å². The van der Waals surface area contributed by atoms with Crippen molar-refractivity contribution in [3.8, 4) is 0 Å². The molecule has 0 spiro atoms. The van der Waals surface area contributed by atoms with Gasteiger partial charge in [-0.05, 0) is 42.2 Å². The van der Waals surface area contributed by atoms with Crippen LogP contribution in [0.2, 0.25) is 0 Å². The highest BCUT2D eigenvalue weighted by Crippen LogP contribution is 2.21. The van der Waals surface area contributed by atoms with Gasteiger partial charge < -0.3 is 5.32 Å². The number of aromatic nitrogens is 5. The van der Waals surface area contributed by atoms with Crippen LogP contribution in [-0.2, 0) is 19.6 Å². The van der Waals surface area contributed by atoms with Crippen molar-refractivity contribution < 1.29 is 0 Å². The smallest absolute Gasteiger partial charge is 0.164 e. The van der Waals surface area contributed by atoms with Crippen LogP contribution in [0.5, 0.6) is 0 Å². The highest BCUT2D eigenvalue weighted by molar-refractivity contribution is 9.10. The van der Waals surface area contributed by atoms with E-state index in [9.17, 15) is 0 Å². The molecule has 0 unspecified atom stereocenters. The van der Waals surface area contributed by atoms with Crippen LogP contribution in [0.4, 0.5) is 0 Å². The Morgan fingerprint density at radius 1 is 1.33 bits per heavy atom. The van der Waals surface area contributed by atoms with Gasteiger partial charge in [0, 0.05) is 6.54 Å². The first-order valence-corrected chi connectivity index (χ1v) is 8.11. The Morgan fingerprint density at radius 3 is 2.76 bits per heavy atom. The van der Waals surface area contributed by atoms with Gasteiger partial charge in [-0.2, -0.15) is 10.2 Å². The molecule has 0 fully saturated rings. The number of nitrogens with one attached hydrogen (secondary N) is 1. The van der Waals surface area contributed by atoms with Crippen LogP contribution in [-0.4, -0.2) is 31.1 Å². The Kier molecular flexibility index (Phi) is 5.52. The lowest BCUT2D eigenvalue weighted by Gasteiger charge is -2.06. The molecule has 0 aliphatic heterocycles. The molecule has 2 aromatic rings. The van der Waals surface area contributed by atoms with E-state index in [1.54, 1.807) is 6.33 Å². The molecule has 7 heteroatoms. The van der Waals surface area contributed by atoms with Crippen molar-refractivity contribution in [2.45, 2.75) is 47.3 Å². The molecule has 0 aliphatic rings. The Hall–Kier alpha value is -1.21. The van der Waals surface area contributed by atoms with Crippen molar-refractivity contribution in [1.29, 1.82) is 0 Å². The first-order chi connectivity index (χ1) is 10.0. The summed E-state index contributed by atoms with van der Waals surface area (Å²) in [5.41, 5.74) is 2.13. The van der Waals surface area contributed by atoms with Gasteiger partial charge in [-0.25, -0.2) is 9.67 Å². The van der Waals surface area contributed by atoms with E-state index in [0.29, 0.717) is 19.0 Å². The molecule has 0 aliphatic carbocycles. The Labute approximate surface area is 134 Å². The van der Waals surface area contributed by atoms with Gasteiger partial charge in [0.05, 0.1) is 29.0 Å². The second-order valence-electron chi connectivity index (χ2n) is 5.54. The normalized spacial score (nSPS) is 11.5. The number of nitrogens with zero attached hydrogens (tertiary/aromatic N) is 5. The number of aryl methyl sites for hydroxylation is 2. The Bertz CT molecular complexity index is 586. The summed E-state index contributed by atoms with van der Waals surface area (Å²) in [4.78, 5) is 4.35. The van der Waals surface area contributed by atoms with E-state index in [1.807, 2.05) is 16.3 Å². The maximum Gasteiger partial charge on any atom is 0.164 e. The topological polar surface area (TPSA) is 60.6 Å². The summed E-state index contributed by atoms with van der Waals surface area (Å²) in [6, 6.07) is 0. The summed E-state index contributed by atoms with van der Waals surface area (Å²) in [5.74, 6) is 1.45. The van der Waals surface area contributed by atoms with Crippen LogP contribution in [0.1, 0.15) is 38.0 Å². The number of hydrogen-bond donors (Lipinski definition) is 1. The zero-order valence-corrected chi connectivity index (χ0v) is 14.7. The Morgan fingerprint density at radius 2 is 2.10 bits per heavy atom. The minimum atomic E-state index is 0.630. The summed E-state index contributed by atoms with van der Waals surface area (Å²) in [7, 11) is 0. The summed E-state index contributed by atoms with van der Waals surface area (Å²) < 4.78 is 4.91. The molecule has 0 aromatic carbocycles. The van der Waals surface area contributed by atoms with Crippen molar-refractivity contribution in [3.05, 3.63) is 28.0 Å². The molecule has 21 heavy (non-hydrogen) atoms. The monoisotopic (exact) mass is 354 g/mol. The predicted octanol–water partition coefficient (Wildman–Crippen LogP) is 2.36. The summed E-state index contributed by atoms with van der Waals surface area (Å²) in [6.45, 7) is 11.7. The SMILES string of the molecule is CCn1nc(C)c(Br)c1Cn1cnc(CNCC(C)C)n1. The van der Waals surface area contributed by atoms with Crippen molar-refractivity contribution in [1.82, 2.24) is 29.9 Å². The van der Waals surface area contributed by atoms with E-state index in [1.165, 1.54) is 0 Å². The van der Waals surface area contributed by atoms with Gasteiger partial charge in [0.2, 0.25) is 0 Å². The second-order valence-corrected chi connectivity index (χ2v) is 6.34. The summed E-state index contributed by atoms with van der Waals surface area (Å²) >= 11 is 3.61. The highest BCUT2D eigenvalue weighted by Gasteiger charge is 2.13. The molecular weight excluding hydrogens is 332 g/mol. The van der Waals surface area contributed by atoms with E-state index < -0.39 is 0 Å². The molecule has 0 atom stereocenters. The third kappa shape index (κ3) is 4.14. The predicted molar refractivity (Wildman–Crippen MR) is 86.0 cm³/mol. The van der Waals surface area contributed by atoms with Crippen molar-refractivity contribution >= 4 is 15.9 Å². The zero-order valence-electron chi connectivity index (χ0n) is 13.1. The van der Waals surface area contributed by atoms with Crippen LogP contribution in [0.25, 0.3) is 0 Å². The molecule has 116 valence electrons. The average Bonchev–Trinajstić information content (AvgIpc) is 2.98. The van der Waals surface area contributed by atoms with E-state index in [4.69, 9.17) is 0 Å². The fourth-order valence-electron chi connectivity index (χ4n) is 2.14. The molecule has 0 saturated carbocycles. The van der Waals surface area contributed by atoms with E-state index in [-0.39, 0.29) is 0 Å². The standard InChI is InChI=1S/C14H23BrN6/c1-5-21-12(14(15)11(4)18-21)8-20-9-17-13(19-20)7-16-6-10(2)3/h9-10,16H,5-8H2,1-4H3. The molecule has 0 saturated heterocycles. The second kappa shape index (κ2) is 7.17. The maximum absolute atomic E-state index is 4.51. The molecule has 2 heterocycles. The molecule has 2 rings (SSSR count). The van der Waals surface area contributed by atoms with Crippen LogP contribution >= 0.6 is 15.9 Å². The third-order valence-corrected chi connectivity index (χ3v) is 4.22. The average molecular weight is 355 g/mol. The lowest BCUT2D eigenvalue weighted by Crippen LogP contribution is -2.20. The molecule has 1 N–H and O–H groups in total. The largest absolute Gasteiger partial charge is 0.310 e. The van der Waals surface area contributed by atoms with Crippen molar-refractivity contribution in [3.63, 3.8) is 0 Å². The quantitative estimate of drug-likeness (QED) is 0.828. The van der Waals surface area contributed by atoms with E-state index in [2.05, 4.69) is 57.2 Å². The van der Waals surface area contributed by atoms with Gasteiger partial charge in [-0.15, -0.1) is 0 Å². The maximum atomic E-state index is 4.51. The molecule has 0 bridgehead atoms. The van der Waals surface area contributed by atoms with Crippen molar-refractivity contribution in [2.75, 3.05) is 6.54 Å². The Balaban J connectivity index is 2.02. The molecule has 6 nitrogen and oxygen atoms in total. The van der Waals surface area contributed by atoms with Gasteiger partial charge >= 0.3 is 0 Å². The third-order valence-electron chi connectivity index (χ3n) is 3.18. The summed E-state index contributed by atoms with van der Waals surface area (Å²) in [6.07, 6.45) is 1.78.